The van der Waals surface area contributed by atoms with Gasteiger partial charge in [-0.25, -0.2) is 0 Å². The summed E-state index contributed by atoms with van der Waals surface area (Å²) in [5.74, 6) is 3.87. The van der Waals surface area contributed by atoms with E-state index in [4.69, 9.17) is 4.74 Å². The van der Waals surface area contributed by atoms with Crippen LogP contribution in [0.4, 0.5) is 0 Å². The molecule has 3 rings (SSSR count). The predicted octanol–water partition coefficient (Wildman–Crippen LogP) is 4.40. The van der Waals surface area contributed by atoms with Crippen LogP contribution in [0.5, 0.6) is 5.75 Å². The molecule has 3 atom stereocenters. The van der Waals surface area contributed by atoms with Gasteiger partial charge in [-0.1, -0.05) is 25.5 Å². The highest BCUT2D eigenvalue weighted by molar-refractivity contribution is 5.47. The molecule has 2 nitrogen and oxygen atoms in total. The minimum absolute atomic E-state index is 0.481. The van der Waals surface area contributed by atoms with E-state index in [1.54, 1.807) is 0 Å². The fourth-order valence-corrected chi connectivity index (χ4v) is 4.45. The van der Waals surface area contributed by atoms with Crippen molar-refractivity contribution < 1.29 is 4.74 Å². The Balaban J connectivity index is 1.91. The average molecular weight is 287 g/mol. The zero-order valence-corrected chi connectivity index (χ0v) is 13.9. The number of aryl methyl sites for hydroxylation is 1. The highest BCUT2D eigenvalue weighted by atomic mass is 16.5. The summed E-state index contributed by atoms with van der Waals surface area (Å²) >= 11 is 0. The molecule has 1 aromatic rings. The first kappa shape index (κ1) is 14.9. The first-order chi connectivity index (χ1) is 10.2. The molecule has 2 fully saturated rings. The lowest BCUT2D eigenvalue weighted by atomic mass is 9.93. The Bertz CT molecular complexity index is 501. The number of methoxy groups -OCH3 is 1. The lowest BCUT2D eigenvalue weighted by molar-refractivity contribution is 0.372. The van der Waals surface area contributed by atoms with Crippen molar-refractivity contribution in [3.05, 3.63) is 28.8 Å². The largest absolute Gasteiger partial charge is 0.496 e. The molecule has 2 heteroatoms. The molecule has 0 bridgehead atoms. The normalized spacial score (nSPS) is 28.3. The second-order valence-corrected chi connectivity index (χ2v) is 6.90. The minimum Gasteiger partial charge on any atom is -0.496 e. The molecule has 1 aromatic carbocycles. The van der Waals surface area contributed by atoms with Crippen molar-refractivity contribution in [2.75, 3.05) is 13.7 Å². The number of hydrogen-bond acceptors (Lipinski definition) is 2. The van der Waals surface area contributed by atoms with Crippen LogP contribution in [-0.4, -0.2) is 13.7 Å². The third-order valence-electron chi connectivity index (χ3n) is 5.72. The minimum atomic E-state index is 0.481. The van der Waals surface area contributed by atoms with E-state index < -0.39 is 0 Å². The zero-order chi connectivity index (χ0) is 15.0. The summed E-state index contributed by atoms with van der Waals surface area (Å²) in [5.41, 5.74) is 4.00. The molecular weight excluding hydrogens is 258 g/mol. The number of nitrogens with one attached hydrogen (secondary N) is 1. The maximum absolute atomic E-state index is 5.78. The molecule has 116 valence electrons. The Hall–Kier alpha value is -1.02. The van der Waals surface area contributed by atoms with E-state index in [0.717, 1.165) is 30.0 Å². The number of hydrogen-bond donors (Lipinski definition) is 1. The third kappa shape index (κ3) is 2.59. The first-order valence-corrected chi connectivity index (χ1v) is 8.56. The summed E-state index contributed by atoms with van der Waals surface area (Å²) in [6, 6.07) is 5.03. The standard InChI is InChI=1S/C19H29NO/c1-5-11-20-18(17-14-7-6-8-15(14)17)16-10-9-12(2)13(3)19(16)21-4/h9-10,14-15,17-18,20H,5-8,11H2,1-4H3. The van der Waals surface area contributed by atoms with Gasteiger partial charge in [-0.2, -0.15) is 0 Å². The van der Waals surface area contributed by atoms with Crippen LogP contribution in [0.15, 0.2) is 12.1 Å². The van der Waals surface area contributed by atoms with Crippen molar-refractivity contribution in [1.29, 1.82) is 0 Å². The molecule has 2 saturated carbocycles. The molecule has 3 unspecified atom stereocenters. The summed E-state index contributed by atoms with van der Waals surface area (Å²) in [6.07, 6.45) is 5.50. The van der Waals surface area contributed by atoms with Gasteiger partial charge in [0.1, 0.15) is 5.75 Å². The lowest BCUT2D eigenvalue weighted by Gasteiger charge is -2.24. The summed E-state index contributed by atoms with van der Waals surface area (Å²) in [7, 11) is 1.82. The summed E-state index contributed by atoms with van der Waals surface area (Å²) < 4.78 is 5.78. The topological polar surface area (TPSA) is 21.3 Å². The Morgan fingerprint density at radius 2 is 1.95 bits per heavy atom. The van der Waals surface area contributed by atoms with Gasteiger partial charge in [0, 0.05) is 11.6 Å². The average Bonchev–Trinajstić information content (AvgIpc) is 2.94. The van der Waals surface area contributed by atoms with Crippen LogP contribution in [0.2, 0.25) is 0 Å². The van der Waals surface area contributed by atoms with Gasteiger partial charge in [-0.15, -0.1) is 0 Å². The Morgan fingerprint density at radius 3 is 2.57 bits per heavy atom. The highest BCUT2D eigenvalue weighted by Gasteiger charge is 2.56. The Kier molecular flexibility index (Phi) is 4.26. The van der Waals surface area contributed by atoms with Crippen LogP contribution in [0, 0.1) is 31.6 Å². The van der Waals surface area contributed by atoms with Gasteiger partial charge in [0.25, 0.3) is 0 Å². The maximum Gasteiger partial charge on any atom is 0.126 e. The first-order valence-electron chi connectivity index (χ1n) is 8.56. The molecule has 0 aliphatic heterocycles. The number of benzene rings is 1. The lowest BCUT2D eigenvalue weighted by Crippen LogP contribution is -2.26. The van der Waals surface area contributed by atoms with Crippen LogP contribution in [-0.2, 0) is 0 Å². The molecule has 1 N–H and O–H groups in total. The van der Waals surface area contributed by atoms with Gasteiger partial charge >= 0.3 is 0 Å². The predicted molar refractivity (Wildman–Crippen MR) is 87.8 cm³/mol. The van der Waals surface area contributed by atoms with E-state index in [1.807, 2.05) is 7.11 Å². The van der Waals surface area contributed by atoms with E-state index in [9.17, 15) is 0 Å². The van der Waals surface area contributed by atoms with Crippen LogP contribution in [0.3, 0.4) is 0 Å². The number of rotatable bonds is 6. The van der Waals surface area contributed by atoms with Crippen molar-refractivity contribution >= 4 is 0 Å². The van der Waals surface area contributed by atoms with Gasteiger partial charge in [0.05, 0.1) is 7.11 Å². The highest BCUT2D eigenvalue weighted by Crippen LogP contribution is 2.62. The van der Waals surface area contributed by atoms with Gasteiger partial charge < -0.3 is 10.1 Å². The Labute approximate surface area is 129 Å². The maximum atomic E-state index is 5.78. The second kappa shape index (κ2) is 6.00. The van der Waals surface area contributed by atoms with Gasteiger partial charge in [0.2, 0.25) is 0 Å². The molecule has 0 radical (unpaired) electrons. The van der Waals surface area contributed by atoms with Gasteiger partial charge in [-0.05, 0) is 68.5 Å². The molecular formula is C19H29NO. The van der Waals surface area contributed by atoms with Crippen LogP contribution in [0.25, 0.3) is 0 Å². The van der Waals surface area contributed by atoms with E-state index >= 15 is 0 Å². The summed E-state index contributed by atoms with van der Waals surface area (Å²) in [4.78, 5) is 0. The summed E-state index contributed by atoms with van der Waals surface area (Å²) in [5, 5.41) is 3.82. The molecule has 0 saturated heterocycles. The molecule has 0 heterocycles. The van der Waals surface area contributed by atoms with Crippen LogP contribution >= 0.6 is 0 Å². The monoisotopic (exact) mass is 287 g/mol. The zero-order valence-electron chi connectivity index (χ0n) is 13.9. The smallest absolute Gasteiger partial charge is 0.126 e. The SMILES string of the molecule is CCCNC(c1ccc(C)c(C)c1OC)C1C2CCCC21. The summed E-state index contributed by atoms with van der Waals surface area (Å²) in [6.45, 7) is 7.69. The molecule has 2 aliphatic carbocycles. The number of fused-ring (bicyclic) bond motifs is 1. The van der Waals surface area contributed by atoms with Crippen molar-refractivity contribution in [1.82, 2.24) is 5.32 Å². The van der Waals surface area contributed by atoms with Crippen molar-refractivity contribution in [3.8, 4) is 5.75 Å². The molecule has 0 aromatic heterocycles. The third-order valence-corrected chi connectivity index (χ3v) is 5.72. The molecule has 2 aliphatic rings. The Morgan fingerprint density at radius 1 is 1.24 bits per heavy atom. The van der Waals surface area contributed by atoms with Gasteiger partial charge in [0.15, 0.2) is 0 Å². The molecule has 21 heavy (non-hydrogen) atoms. The molecule has 0 spiro atoms. The van der Waals surface area contributed by atoms with Crippen LogP contribution in [0.1, 0.15) is 55.3 Å². The second-order valence-electron chi connectivity index (χ2n) is 6.90. The molecule has 0 amide bonds. The van der Waals surface area contributed by atoms with E-state index in [2.05, 4.69) is 38.2 Å². The van der Waals surface area contributed by atoms with Crippen molar-refractivity contribution in [2.45, 2.75) is 52.5 Å². The van der Waals surface area contributed by atoms with E-state index in [-0.39, 0.29) is 0 Å². The van der Waals surface area contributed by atoms with E-state index in [0.29, 0.717) is 6.04 Å². The quantitative estimate of drug-likeness (QED) is 0.837. The fourth-order valence-electron chi connectivity index (χ4n) is 4.45. The van der Waals surface area contributed by atoms with Crippen LogP contribution < -0.4 is 10.1 Å². The fraction of sp³-hybridized carbons (Fsp3) is 0.684. The number of ether oxygens (including phenoxy) is 1. The van der Waals surface area contributed by atoms with Gasteiger partial charge in [-0.3, -0.25) is 0 Å². The van der Waals surface area contributed by atoms with Crippen molar-refractivity contribution in [2.24, 2.45) is 17.8 Å². The van der Waals surface area contributed by atoms with E-state index in [1.165, 1.54) is 42.4 Å². The van der Waals surface area contributed by atoms with Crippen molar-refractivity contribution in [3.63, 3.8) is 0 Å².